The van der Waals surface area contributed by atoms with Gasteiger partial charge in [0.2, 0.25) is 5.91 Å². The maximum Gasteiger partial charge on any atom is 0.227 e. The first-order chi connectivity index (χ1) is 12.6. The molecule has 1 atom stereocenters. The average Bonchev–Trinajstić information content (AvgIpc) is 3.30. The van der Waals surface area contributed by atoms with Crippen molar-refractivity contribution in [1.29, 1.82) is 0 Å². The van der Waals surface area contributed by atoms with Crippen LogP contribution in [0.15, 0.2) is 49.1 Å². The van der Waals surface area contributed by atoms with Crippen molar-refractivity contribution >= 4 is 17.2 Å². The molecule has 0 aliphatic carbocycles. The van der Waals surface area contributed by atoms with Crippen LogP contribution in [0.5, 0.6) is 0 Å². The monoisotopic (exact) mass is 349 g/mol. The largest absolute Gasteiger partial charge is 0.361 e. The van der Waals surface area contributed by atoms with E-state index in [-0.39, 0.29) is 11.9 Å². The van der Waals surface area contributed by atoms with Crippen LogP contribution in [0.2, 0.25) is 0 Å². The fraction of sp³-hybridized carbons (Fsp3) is 0.350. The summed E-state index contributed by atoms with van der Waals surface area (Å²) in [6.45, 7) is 0.784. The number of rotatable bonds is 4. The molecule has 1 fully saturated rings. The maximum absolute atomic E-state index is 12.9. The van der Waals surface area contributed by atoms with Crippen LogP contribution in [0.3, 0.4) is 0 Å². The van der Waals surface area contributed by atoms with Crippen molar-refractivity contribution in [3.63, 3.8) is 0 Å². The molecule has 0 bridgehead atoms. The van der Waals surface area contributed by atoms with Gasteiger partial charge in [-0.05, 0) is 36.6 Å². The van der Waals surface area contributed by atoms with E-state index in [0.29, 0.717) is 6.42 Å². The molecule has 4 rings (SSSR count). The van der Waals surface area contributed by atoms with Crippen molar-refractivity contribution in [1.82, 2.24) is 19.3 Å². The molecule has 4 heterocycles. The summed E-state index contributed by atoms with van der Waals surface area (Å²) >= 11 is 0. The van der Waals surface area contributed by atoms with E-state index in [4.69, 9.17) is 4.98 Å². The first kappa shape index (κ1) is 16.6. The second-order valence-electron chi connectivity index (χ2n) is 6.97. The Bertz CT molecular complexity index is 918. The number of anilines is 1. The molecule has 0 saturated carbocycles. The fourth-order valence-corrected chi connectivity index (χ4v) is 3.69. The number of likely N-dealkylation sites (tertiary alicyclic amines) is 1. The third-order valence-corrected chi connectivity index (χ3v) is 4.93. The minimum absolute atomic E-state index is 0.0321. The molecule has 26 heavy (non-hydrogen) atoms. The zero-order valence-corrected chi connectivity index (χ0v) is 15.2. The van der Waals surface area contributed by atoms with Crippen molar-refractivity contribution in [2.75, 3.05) is 25.5 Å². The normalized spacial score (nSPS) is 17.0. The summed E-state index contributed by atoms with van der Waals surface area (Å²) < 4.78 is 2.10. The van der Waals surface area contributed by atoms with Gasteiger partial charge in [0.25, 0.3) is 0 Å². The van der Waals surface area contributed by atoms with Gasteiger partial charge in [-0.25, -0.2) is 4.98 Å². The number of aromatic nitrogens is 3. The Morgan fingerprint density at radius 1 is 1.31 bits per heavy atom. The highest BCUT2D eigenvalue weighted by Gasteiger charge is 2.31. The molecule has 3 aromatic rings. The van der Waals surface area contributed by atoms with E-state index in [0.717, 1.165) is 42.0 Å². The quantitative estimate of drug-likeness (QED) is 0.727. The highest BCUT2D eigenvalue weighted by Crippen LogP contribution is 2.33. The number of hydrogen-bond donors (Lipinski definition) is 0. The molecular formula is C20H23N5O. The Morgan fingerprint density at radius 2 is 2.19 bits per heavy atom. The van der Waals surface area contributed by atoms with Crippen LogP contribution in [-0.2, 0) is 11.2 Å². The minimum Gasteiger partial charge on any atom is -0.361 e. The highest BCUT2D eigenvalue weighted by molar-refractivity contribution is 5.79. The lowest BCUT2D eigenvalue weighted by Gasteiger charge is -2.26. The van der Waals surface area contributed by atoms with E-state index in [1.807, 2.05) is 48.3 Å². The number of nitrogens with zero attached hydrogens (tertiary/aromatic N) is 5. The lowest BCUT2D eigenvalue weighted by Crippen LogP contribution is -2.32. The predicted molar refractivity (Wildman–Crippen MR) is 101 cm³/mol. The van der Waals surface area contributed by atoms with Gasteiger partial charge in [0.15, 0.2) is 5.82 Å². The van der Waals surface area contributed by atoms with Gasteiger partial charge in [-0.1, -0.05) is 6.07 Å². The predicted octanol–water partition coefficient (Wildman–Crippen LogP) is 2.70. The zero-order chi connectivity index (χ0) is 18.1. The summed E-state index contributed by atoms with van der Waals surface area (Å²) in [5.74, 6) is 1.07. The van der Waals surface area contributed by atoms with Gasteiger partial charge < -0.3 is 14.2 Å². The summed E-state index contributed by atoms with van der Waals surface area (Å²) in [6.07, 6.45) is 9.92. The van der Waals surface area contributed by atoms with Crippen LogP contribution in [0.4, 0.5) is 5.82 Å². The molecule has 3 aromatic heterocycles. The summed E-state index contributed by atoms with van der Waals surface area (Å²) in [6, 6.07) is 7.93. The second kappa shape index (κ2) is 6.78. The summed E-state index contributed by atoms with van der Waals surface area (Å²) in [7, 11) is 4.00. The van der Waals surface area contributed by atoms with Crippen LogP contribution >= 0.6 is 0 Å². The Kier molecular flexibility index (Phi) is 4.32. The maximum atomic E-state index is 12.9. The lowest BCUT2D eigenvalue weighted by molar-refractivity contribution is -0.131. The number of carbonyl (C=O) groups is 1. The number of carbonyl (C=O) groups excluding carboxylic acids is 1. The van der Waals surface area contributed by atoms with E-state index >= 15 is 0 Å². The topological polar surface area (TPSA) is 53.7 Å². The fourth-order valence-electron chi connectivity index (χ4n) is 3.69. The minimum atomic E-state index is 0.0321. The van der Waals surface area contributed by atoms with E-state index in [1.54, 1.807) is 12.4 Å². The van der Waals surface area contributed by atoms with Crippen LogP contribution in [-0.4, -0.2) is 45.8 Å². The van der Waals surface area contributed by atoms with Gasteiger partial charge >= 0.3 is 0 Å². The molecule has 1 aliphatic heterocycles. The van der Waals surface area contributed by atoms with Gasteiger partial charge in [-0.2, -0.15) is 0 Å². The Morgan fingerprint density at radius 3 is 2.96 bits per heavy atom. The summed E-state index contributed by atoms with van der Waals surface area (Å²) in [5.41, 5.74) is 2.98. The molecule has 0 aromatic carbocycles. The molecule has 0 N–H and O–H groups in total. The molecule has 6 heteroatoms. The number of hydrogen-bond acceptors (Lipinski definition) is 4. The molecule has 1 aliphatic rings. The van der Waals surface area contributed by atoms with Gasteiger partial charge in [0.1, 0.15) is 0 Å². The molecular weight excluding hydrogens is 326 g/mol. The molecule has 134 valence electrons. The SMILES string of the molecule is CN(C)c1nc([C@H]2CCCN2C(=O)Cc2cccnc2)cn2cccc12. The number of amides is 1. The van der Waals surface area contributed by atoms with Crippen molar-refractivity contribution in [2.45, 2.75) is 25.3 Å². The van der Waals surface area contributed by atoms with Crippen molar-refractivity contribution < 1.29 is 4.79 Å². The van der Waals surface area contributed by atoms with E-state index < -0.39 is 0 Å². The van der Waals surface area contributed by atoms with Gasteiger partial charge in [0.05, 0.1) is 23.7 Å². The Hall–Kier alpha value is -2.89. The Labute approximate surface area is 153 Å². The third kappa shape index (κ3) is 3.03. The second-order valence-corrected chi connectivity index (χ2v) is 6.97. The van der Waals surface area contributed by atoms with Crippen molar-refractivity contribution in [2.24, 2.45) is 0 Å². The molecule has 0 radical (unpaired) electrons. The first-order valence-electron chi connectivity index (χ1n) is 8.97. The van der Waals surface area contributed by atoms with Gasteiger partial charge in [0, 0.05) is 45.4 Å². The smallest absolute Gasteiger partial charge is 0.227 e. The third-order valence-electron chi connectivity index (χ3n) is 4.93. The van der Waals surface area contributed by atoms with Crippen LogP contribution in [0.1, 0.15) is 30.1 Å². The van der Waals surface area contributed by atoms with Crippen molar-refractivity contribution in [3.8, 4) is 0 Å². The summed E-state index contributed by atoms with van der Waals surface area (Å²) in [4.78, 5) is 25.9. The summed E-state index contributed by atoms with van der Waals surface area (Å²) in [5, 5.41) is 0. The molecule has 1 saturated heterocycles. The number of fused-ring (bicyclic) bond motifs is 1. The Balaban J connectivity index is 1.64. The molecule has 0 unspecified atom stereocenters. The number of pyridine rings is 1. The first-order valence-corrected chi connectivity index (χ1v) is 8.97. The van der Waals surface area contributed by atoms with Crippen LogP contribution < -0.4 is 4.90 Å². The van der Waals surface area contributed by atoms with E-state index in [1.165, 1.54) is 0 Å². The standard InChI is InChI=1S/C20H23N5O/c1-23(2)20-18-8-4-10-24(18)14-16(22-20)17-7-5-11-25(17)19(26)12-15-6-3-9-21-13-15/h3-4,6,8-10,13-14,17H,5,7,11-12H2,1-2H3/t17-/m1/s1. The van der Waals surface area contributed by atoms with E-state index in [2.05, 4.69) is 21.6 Å². The lowest BCUT2D eigenvalue weighted by atomic mass is 10.1. The van der Waals surface area contributed by atoms with Crippen LogP contribution in [0.25, 0.3) is 5.52 Å². The highest BCUT2D eigenvalue weighted by atomic mass is 16.2. The van der Waals surface area contributed by atoms with E-state index in [9.17, 15) is 4.79 Å². The molecule has 1 amide bonds. The molecule has 0 spiro atoms. The van der Waals surface area contributed by atoms with Crippen LogP contribution in [0, 0.1) is 0 Å². The average molecular weight is 349 g/mol. The van der Waals surface area contributed by atoms with Crippen molar-refractivity contribution in [3.05, 3.63) is 60.3 Å². The van der Waals surface area contributed by atoms with Gasteiger partial charge in [-0.15, -0.1) is 0 Å². The zero-order valence-electron chi connectivity index (χ0n) is 15.2. The van der Waals surface area contributed by atoms with Gasteiger partial charge in [-0.3, -0.25) is 9.78 Å². The molecule has 6 nitrogen and oxygen atoms in total.